The molecule has 0 aliphatic carbocycles. The van der Waals surface area contributed by atoms with Gasteiger partial charge in [-0.25, -0.2) is 0 Å². The fourth-order valence-electron chi connectivity index (χ4n) is 1.80. The molecule has 0 spiro atoms. The first kappa shape index (κ1) is 16.7. The van der Waals surface area contributed by atoms with E-state index in [9.17, 15) is 9.59 Å². The Morgan fingerprint density at radius 1 is 1.28 bits per heavy atom. The van der Waals surface area contributed by atoms with Crippen LogP contribution in [0.2, 0.25) is 0 Å². The Balaban J connectivity index is 4.41. The molecule has 0 saturated carbocycles. The predicted molar refractivity (Wildman–Crippen MR) is 72.1 cm³/mol. The summed E-state index contributed by atoms with van der Waals surface area (Å²) in [5, 5.41) is 0. The van der Waals surface area contributed by atoms with Crippen LogP contribution in [0.25, 0.3) is 0 Å². The predicted octanol–water partition coefficient (Wildman–Crippen LogP) is 2.39. The van der Waals surface area contributed by atoms with E-state index in [1.165, 1.54) is 0 Å². The molecule has 0 aromatic carbocycles. The first-order chi connectivity index (χ1) is 8.60. The summed E-state index contributed by atoms with van der Waals surface area (Å²) in [6, 6.07) is 0. The number of carbonyl (C=O) groups is 2. The van der Waals surface area contributed by atoms with Crippen LogP contribution in [0.5, 0.6) is 0 Å². The smallest absolute Gasteiger partial charge is 0.307 e. The Morgan fingerprint density at radius 3 is 2.33 bits per heavy atom. The summed E-state index contributed by atoms with van der Waals surface area (Å²) < 4.78 is 4.86. The van der Waals surface area contributed by atoms with Crippen LogP contribution in [0.15, 0.2) is 12.7 Å². The monoisotopic (exact) mass is 255 g/mol. The molecule has 0 aliphatic heterocycles. The molecule has 0 radical (unpaired) electrons. The molecule has 0 saturated heterocycles. The fraction of sp³-hybridized carbons (Fsp3) is 0.714. The van der Waals surface area contributed by atoms with Crippen molar-refractivity contribution < 1.29 is 14.3 Å². The Morgan fingerprint density at radius 2 is 1.89 bits per heavy atom. The zero-order chi connectivity index (χ0) is 14.0. The van der Waals surface area contributed by atoms with Crippen LogP contribution in [0.3, 0.4) is 0 Å². The van der Waals surface area contributed by atoms with E-state index in [0.717, 1.165) is 12.8 Å². The van der Waals surface area contributed by atoms with Gasteiger partial charge in [0.2, 0.25) is 5.91 Å². The van der Waals surface area contributed by atoms with Gasteiger partial charge in [-0.3, -0.25) is 9.59 Å². The van der Waals surface area contributed by atoms with Gasteiger partial charge in [0.25, 0.3) is 0 Å². The van der Waals surface area contributed by atoms with E-state index >= 15 is 0 Å². The van der Waals surface area contributed by atoms with Crippen molar-refractivity contribution in [3.8, 4) is 0 Å². The van der Waals surface area contributed by atoms with E-state index in [2.05, 4.69) is 6.58 Å². The highest BCUT2D eigenvalue weighted by Gasteiger charge is 2.21. The maximum Gasteiger partial charge on any atom is 0.307 e. The van der Waals surface area contributed by atoms with Crippen LogP contribution < -0.4 is 0 Å². The lowest BCUT2D eigenvalue weighted by molar-refractivity contribution is -0.144. The third-order valence-corrected chi connectivity index (χ3v) is 2.89. The van der Waals surface area contributed by atoms with Gasteiger partial charge in [-0.1, -0.05) is 19.9 Å². The van der Waals surface area contributed by atoms with Gasteiger partial charge in [0.05, 0.1) is 13.0 Å². The SMILES string of the molecule is C=CCN(CCC(=O)OCC)C(=O)C(CC)CC. The Kier molecular flexibility index (Phi) is 8.97. The minimum Gasteiger partial charge on any atom is -0.466 e. The lowest BCUT2D eigenvalue weighted by Gasteiger charge is -2.25. The van der Waals surface area contributed by atoms with Crippen molar-refractivity contribution in [3.63, 3.8) is 0 Å². The van der Waals surface area contributed by atoms with Crippen molar-refractivity contribution in [1.29, 1.82) is 0 Å². The molecule has 0 aromatic rings. The second-order valence-corrected chi connectivity index (χ2v) is 4.14. The fourth-order valence-corrected chi connectivity index (χ4v) is 1.80. The number of esters is 1. The first-order valence-electron chi connectivity index (χ1n) is 6.65. The van der Waals surface area contributed by atoms with E-state index in [0.29, 0.717) is 19.7 Å². The second kappa shape index (κ2) is 9.68. The molecule has 0 N–H and O–H groups in total. The number of hydrogen-bond donors (Lipinski definition) is 0. The van der Waals surface area contributed by atoms with Crippen LogP contribution in [-0.2, 0) is 14.3 Å². The van der Waals surface area contributed by atoms with Gasteiger partial charge in [0.1, 0.15) is 0 Å². The summed E-state index contributed by atoms with van der Waals surface area (Å²) in [5.74, 6) is -0.125. The third kappa shape index (κ3) is 5.84. The van der Waals surface area contributed by atoms with E-state index < -0.39 is 0 Å². The summed E-state index contributed by atoms with van der Waals surface area (Å²) in [7, 11) is 0. The topological polar surface area (TPSA) is 46.6 Å². The summed E-state index contributed by atoms with van der Waals surface area (Å²) in [6.07, 6.45) is 3.57. The average molecular weight is 255 g/mol. The third-order valence-electron chi connectivity index (χ3n) is 2.89. The molecule has 0 fully saturated rings. The van der Waals surface area contributed by atoms with Crippen molar-refractivity contribution in [1.82, 2.24) is 4.90 Å². The molecule has 1 amide bonds. The molecule has 4 heteroatoms. The standard InChI is InChI=1S/C14H25NO3/c1-5-10-15(11-9-13(16)18-8-4)14(17)12(6-2)7-3/h5,12H,1,6-11H2,2-4H3. The zero-order valence-corrected chi connectivity index (χ0v) is 11.8. The van der Waals surface area contributed by atoms with Crippen molar-refractivity contribution in [3.05, 3.63) is 12.7 Å². The molecule has 0 unspecified atom stereocenters. The molecule has 0 aromatic heterocycles. The van der Waals surface area contributed by atoms with Gasteiger partial charge in [-0.15, -0.1) is 6.58 Å². The maximum atomic E-state index is 12.2. The second-order valence-electron chi connectivity index (χ2n) is 4.14. The molecule has 4 nitrogen and oxygen atoms in total. The number of carbonyl (C=O) groups excluding carboxylic acids is 2. The number of nitrogens with zero attached hydrogens (tertiary/aromatic N) is 1. The van der Waals surface area contributed by atoms with Crippen LogP contribution in [0, 0.1) is 5.92 Å². The number of hydrogen-bond acceptors (Lipinski definition) is 3. The van der Waals surface area contributed by atoms with Gasteiger partial charge >= 0.3 is 5.97 Å². The minimum absolute atomic E-state index is 0.0344. The quantitative estimate of drug-likeness (QED) is 0.469. The molecular formula is C14H25NO3. The molecule has 0 atom stereocenters. The number of rotatable bonds is 9. The van der Waals surface area contributed by atoms with Crippen LogP contribution in [-0.4, -0.2) is 36.5 Å². The van der Waals surface area contributed by atoms with E-state index in [1.807, 2.05) is 13.8 Å². The van der Waals surface area contributed by atoms with Crippen molar-refractivity contribution >= 4 is 11.9 Å². The summed E-state index contributed by atoms with van der Waals surface area (Å²) in [5.41, 5.74) is 0. The van der Waals surface area contributed by atoms with Crippen molar-refractivity contribution in [2.75, 3.05) is 19.7 Å². The minimum atomic E-state index is -0.260. The lowest BCUT2D eigenvalue weighted by Crippen LogP contribution is -2.37. The molecule has 0 rings (SSSR count). The van der Waals surface area contributed by atoms with Gasteiger partial charge < -0.3 is 9.64 Å². The molecule has 18 heavy (non-hydrogen) atoms. The molecule has 0 aliphatic rings. The lowest BCUT2D eigenvalue weighted by atomic mass is 10.0. The molecule has 0 bridgehead atoms. The van der Waals surface area contributed by atoms with E-state index in [4.69, 9.17) is 4.74 Å². The highest BCUT2D eigenvalue weighted by atomic mass is 16.5. The van der Waals surface area contributed by atoms with Crippen LogP contribution in [0.1, 0.15) is 40.0 Å². The molecule has 104 valence electrons. The molecule has 0 heterocycles. The van der Waals surface area contributed by atoms with Gasteiger partial charge in [-0.05, 0) is 19.8 Å². The van der Waals surface area contributed by atoms with Gasteiger partial charge in [-0.2, -0.15) is 0 Å². The Hall–Kier alpha value is -1.32. The first-order valence-corrected chi connectivity index (χ1v) is 6.65. The summed E-state index contributed by atoms with van der Waals surface area (Å²) >= 11 is 0. The van der Waals surface area contributed by atoms with Crippen LogP contribution >= 0.6 is 0 Å². The van der Waals surface area contributed by atoms with Gasteiger partial charge in [0.15, 0.2) is 0 Å². The Bertz CT molecular complexity index is 272. The highest BCUT2D eigenvalue weighted by molar-refractivity contribution is 5.79. The molecular weight excluding hydrogens is 230 g/mol. The largest absolute Gasteiger partial charge is 0.466 e. The number of amides is 1. The van der Waals surface area contributed by atoms with Crippen molar-refractivity contribution in [2.45, 2.75) is 40.0 Å². The Labute approximate surface area is 110 Å². The number of ether oxygens (including phenoxy) is 1. The van der Waals surface area contributed by atoms with Gasteiger partial charge in [0, 0.05) is 19.0 Å². The maximum absolute atomic E-state index is 12.2. The average Bonchev–Trinajstić information content (AvgIpc) is 2.36. The normalized spacial score (nSPS) is 10.2. The summed E-state index contributed by atoms with van der Waals surface area (Å²) in [4.78, 5) is 25.2. The van der Waals surface area contributed by atoms with E-state index in [-0.39, 0.29) is 24.2 Å². The van der Waals surface area contributed by atoms with Crippen molar-refractivity contribution in [2.24, 2.45) is 5.92 Å². The van der Waals surface area contributed by atoms with E-state index in [1.54, 1.807) is 17.9 Å². The zero-order valence-electron chi connectivity index (χ0n) is 11.8. The summed E-state index contributed by atoms with van der Waals surface area (Å²) in [6.45, 7) is 10.7. The van der Waals surface area contributed by atoms with Crippen LogP contribution in [0.4, 0.5) is 0 Å². The highest BCUT2D eigenvalue weighted by Crippen LogP contribution is 2.12.